The molecule has 0 radical (unpaired) electrons. The molecule has 4 heteroatoms. The highest BCUT2D eigenvalue weighted by Gasteiger charge is 2.38. The zero-order valence-electron chi connectivity index (χ0n) is 10.8. The fourth-order valence-electron chi connectivity index (χ4n) is 2.52. The Bertz CT molecular complexity index is 438. The Morgan fingerprint density at radius 2 is 2.00 bits per heavy atom. The summed E-state index contributed by atoms with van der Waals surface area (Å²) in [4.78, 5) is 0. The van der Waals surface area contributed by atoms with Gasteiger partial charge in [0.05, 0.1) is 5.60 Å². The Labute approximate surface area is 126 Å². The Morgan fingerprint density at radius 3 is 2.50 bits per heavy atom. The van der Waals surface area contributed by atoms with E-state index in [2.05, 4.69) is 50.9 Å². The number of hydrogen-bond acceptors (Lipinski definition) is 2. The summed E-state index contributed by atoms with van der Waals surface area (Å²) in [5, 5.41) is 0. The molecule has 0 amide bonds. The molecule has 0 saturated heterocycles. The fraction of sp³-hybridized carbons (Fsp3) is 0.571. The van der Waals surface area contributed by atoms with E-state index in [9.17, 15) is 0 Å². The first-order valence-electron chi connectivity index (χ1n) is 6.24. The Morgan fingerprint density at radius 1 is 1.33 bits per heavy atom. The zero-order chi connectivity index (χ0) is 13.3. The van der Waals surface area contributed by atoms with Crippen LogP contribution in [0.2, 0.25) is 0 Å². The summed E-state index contributed by atoms with van der Waals surface area (Å²) >= 11 is 7.18. The number of nitrogens with two attached hydrogens (primary N) is 1. The molecule has 1 aromatic rings. The molecule has 1 aliphatic rings. The first-order valence-corrected chi connectivity index (χ1v) is 7.82. The molecule has 1 aliphatic carbocycles. The van der Waals surface area contributed by atoms with Crippen molar-refractivity contribution in [3.63, 3.8) is 0 Å². The number of halogens is 2. The van der Waals surface area contributed by atoms with Crippen LogP contribution in [0.15, 0.2) is 21.1 Å². The maximum Gasteiger partial charge on any atom is 0.0696 e. The molecule has 1 aromatic carbocycles. The van der Waals surface area contributed by atoms with Crippen molar-refractivity contribution in [3.8, 4) is 0 Å². The lowest BCUT2D eigenvalue weighted by Gasteiger charge is -2.42. The summed E-state index contributed by atoms with van der Waals surface area (Å²) in [6.45, 7) is 2.08. The molecule has 0 heterocycles. The molecule has 1 fully saturated rings. The van der Waals surface area contributed by atoms with E-state index < -0.39 is 0 Å². The summed E-state index contributed by atoms with van der Waals surface area (Å²) in [6, 6.07) is 4.24. The summed E-state index contributed by atoms with van der Waals surface area (Å²) in [5.74, 6) is 0. The number of aryl methyl sites for hydroxylation is 1. The van der Waals surface area contributed by atoms with Crippen molar-refractivity contribution in [2.75, 3.05) is 7.11 Å². The average molecular weight is 377 g/mol. The highest BCUT2D eigenvalue weighted by Crippen LogP contribution is 2.42. The third-order valence-electron chi connectivity index (χ3n) is 3.97. The van der Waals surface area contributed by atoms with E-state index in [0.29, 0.717) is 0 Å². The minimum atomic E-state index is 0.0101. The summed E-state index contributed by atoms with van der Waals surface area (Å²) in [6.07, 6.45) is 4.39. The second kappa shape index (κ2) is 5.61. The van der Waals surface area contributed by atoms with Crippen LogP contribution in [0.3, 0.4) is 0 Å². The van der Waals surface area contributed by atoms with Crippen molar-refractivity contribution in [1.82, 2.24) is 0 Å². The van der Waals surface area contributed by atoms with Gasteiger partial charge in [0.15, 0.2) is 0 Å². The van der Waals surface area contributed by atoms with Crippen molar-refractivity contribution in [1.29, 1.82) is 0 Å². The van der Waals surface area contributed by atoms with Gasteiger partial charge in [0, 0.05) is 22.1 Å². The van der Waals surface area contributed by atoms with E-state index in [-0.39, 0.29) is 11.6 Å². The molecule has 0 spiro atoms. The highest BCUT2D eigenvalue weighted by atomic mass is 79.9. The van der Waals surface area contributed by atoms with Gasteiger partial charge in [0.25, 0.3) is 0 Å². The predicted octanol–water partition coefficient (Wildman–Crippen LogP) is 4.48. The van der Waals surface area contributed by atoms with Gasteiger partial charge >= 0.3 is 0 Å². The number of hydrogen-bond donors (Lipinski definition) is 1. The SMILES string of the molecule is COC1(CC(N)c2cc(Br)c(C)cc2Br)CCC1. The molecule has 0 aromatic heterocycles. The molecule has 1 atom stereocenters. The average Bonchev–Trinajstić information content (AvgIpc) is 2.28. The molecule has 2 N–H and O–H groups in total. The van der Waals surface area contributed by atoms with Gasteiger partial charge in [0.1, 0.15) is 0 Å². The van der Waals surface area contributed by atoms with E-state index in [1.54, 1.807) is 7.11 Å². The van der Waals surface area contributed by atoms with Gasteiger partial charge in [-0.3, -0.25) is 0 Å². The van der Waals surface area contributed by atoms with Crippen LogP contribution in [0.25, 0.3) is 0 Å². The van der Waals surface area contributed by atoms with Gasteiger partial charge in [-0.1, -0.05) is 31.9 Å². The van der Waals surface area contributed by atoms with Crippen LogP contribution in [0.1, 0.15) is 42.9 Å². The number of ether oxygens (including phenoxy) is 1. The second-order valence-corrected chi connectivity index (χ2v) is 6.88. The molecule has 1 saturated carbocycles. The van der Waals surface area contributed by atoms with Crippen LogP contribution in [-0.2, 0) is 4.74 Å². The molecule has 0 bridgehead atoms. The number of methoxy groups -OCH3 is 1. The maximum atomic E-state index is 6.36. The monoisotopic (exact) mass is 375 g/mol. The first-order chi connectivity index (χ1) is 8.47. The smallest absolute Gasteiger partial charge is 0.0696 e. The maximum absolute atomic E-state index is 6.36. The minimum Gasteiger partial charge on any atom is -0.378 e. The molecule has 2 rings (SSSR count). The Hall–Kier alpha value is 0.1000. The molecule has 0 aliphatic heterocycles. The highest BCUT2D eigenvalue weighted by molar-refractivity contribution is 9.11. The Balaban J connectivity index is 2.18. The van der Waals surface area contributed by atoms with Gasteiger partial charge in [-0.2, -0.15) is 0 Å². The minimum absolute atomic E-state index is 0.0101. The van der Waals surface area contributed by atoms with Crippen LogP contribution in [0.5, 0.6) is 0 Å². The van der Waals surface area contributed by atoms with Crippen LogP contribution < -0.4 is 5.73 Å². The number of benzene rings is 1. The normalized spacial score (nSPS) is 19.4. The van der Waals surface area contributed by atoms with E-state index in [1.807, 2.05) is 0 Å². The lowest BCUT2D eigenvalue weighted by molar-refractivity contribution is -0.0817. The van der Waals surface area contributed by atoms with Crippen LogP contribution in [0, 0.1) is 6.92 Å². The second-order valence-electron chi connectivity index (χ2n) is 5.17. The van der Waals surface area contributed by atoms with Crippen molar-refractivity contribution in [2.45, 2.75) is 44.2 Å². The molecule has 100 valence electrons. The fourth-order valence-corrected chi connectivity index (χ4v) is 3.63. The van der Waals surface area contributed by atoms with E-state index in [0.717, 1.165) is 33.8 Å². The van der Waals surface area contributed by atoms with Crippen molar-refractivity contribution >= 4 is 31.9 Å². The first kappa shape index (κ1) is 14.5. The van der Waals surface area contributed by atoms with Gasteiger partial charge in [-0.25, -0.2) is 0 Å². The lowest BCUT2D eigenvalue weighted by atomic mass is 9.75. The summed E-state index contributed by atoms with van der Waals surface area (Å²) < 4.78 is 7.84. The molecular formula is C14H19Br2NO. The summed E-state index contributed by atoms with van der Waals surface area (Å²) in [5.41, 5.74) is 8.73. The van der Waals surface area contributed by atoms with Crippen molar-refractivity contribution in [3.05, 3.63) is 32.2 Å². The van der Waals surface area contributed by atoms with E-state index in [1.165, 1.54) is 12.0 Å². The lowest BCUT2D eigenvalue weighted by Crippen LogP contribution is -2.41. The van der Waals surface area contributed by atoms with Crippen LogP contribution >= 0.6 is 31.9 Å². The zero-order valence-corrected chi connectivity index (χ0v) is 14.0. The molecule has 1 unspecified atom stereocenters. The van der Waals surface area contributed by atoms with Gasteiger partial charge in [-0.15, -0.1) is 0 Å². The topological polar surface area (TPSA) is 35.2 Å². The molecule has 2 nitrogen and oxygen atoms in total. The van der Waals surface area contributed by atoms with Gasteiger partial charge < -0.3 is 10.5 Å². The standard InChI is InChI=1S/C14H19Br2NO/c1-9-6-12(16)10(7-11(9)15)13(17)8-14(18-2)4-3-5-14/h6-7,13H,3-5,8,17H2,1-2H3. The third-order valence-corrected chi connectivity index (χ3v) is 5.51. The van der Waals surface area contributed by atoms with Crippen molar-refractivity contribution in [2.24, 2.45) is 5.73 Å². The van der Waals surface area contributed by atoms with E-state index in [4.69, 9.17) is 10.5 Å². The Kier molecular flexibility index (Phi) is 4.52. The third kappa shape index (κ3) is 2.82. The van der Waals surface area contributed by atoms with E-state index >= 15 is 0 Å². The predicted molar refractivity (Wildman–Crippen MR) is 81.7 cm³/mol. The molecular weight excluding hydrogens is 358 g/mol. The molecule has 18 heavy (non-hydrogen) atoms. The number of rotatable bonds is 4. The van der Waals surface area contributed by atoms with Crippen LogP contribution in [0.4, 0.5) is 0 Å². The van der Waals surface area contributed by atoms with Gasteiger partial charge in [-0.05, 0) is 55.9 Å². The quantitative estimate of drug-likeness (QED) is 0.840. The van der Waals surface area contributed by atoms with Gasteiger partial charge in [0.2, 0.25) is 0 Å². The summed E-state index contributed by atoms with van der Waals surface area (Å²) in [7, 11) is 1.80. The van der Waals surface area contributed by atoms with Crippen molar-refractivity contribution < 1.29 is 4.74 Å². The largest absolute Gasteiger partial charge is 0.378 e. The van der Waals surface area contributed by atoms with Crippen LogP contribution in [-0.4, -0.2) is 12.7 Å².